The topological polar surface area (TPSA) is 97.8 Å². The van der Waals surface area contributed by atoms with E-state index in [9.17, 15) is 14.7 Å². The Morgan fingerprint density at radius 2 is 1.63 bits per heavy atom. The number of ether oxygens (including phenoxy) is 4. The van der Waals surface area contributed by atoms with Crippen molar-refractivity contribution >= 4 is 17.4 Å². The van der Waals surface area contributed by atoms with E-state index in [1.807, 2.05) is 32.0 Å². The molecular weight excluding hydrogens is 488 g/mol. The predicted molar refractivity (Wildman–Crippen MR) is 143 cm³/mol. The first-order valence-electron chi connectivity index (χ1n) is 12.8. The standard InChI is InChI=1S/C29H36N2O7/c1-18-7-8-19(2)21(15-18)26(32)24-25(20-16-22(35-3)28(37-5)23(17-20)36-4)31(29(34)27(24)33)10-6-9-30-11-13-38-14-12-30/h7-8,15-17,25,32H,6,9-14H2,1-5H3/b26-24+. The summed E-state index contributed by atoms with van der Waals surface area (Å²) >= 11 is 0. The van der Waals surface area contributed by atoms with Gasteiger partial charge in [0.15, 0.2) is 11.5 Å². The van der Waals surface area contributed by atoms with E-state index in [1.165, 1.54) is 21.3 Å². The highest BCUT2D eigenvalue weighted by atomic mass is 16.5. The van der Waals surface area contributed by atoms with Crippen LogP contribution in [0.1, 0.15) is 34.7 Å². The van der Waals surface area contributed by atoms with Gasteiger partial charge in [-0.05, 0) is 49.6 Å². The number of aryl methyl sites for hydroxylation is 2. The van der Waals surface area contributed by atoms with Crippen molar-refractivity contribution in [2.75, 3.05) is 60.7 Å². The van der Waals surface area contributed by atoms with Gasteiger partial charge in [0.25, 0.3) is 11.7 Å². The summed E-state index contributed by atoms with van der Waals surface area (Å²) in [6, 6.07) is 8.27. The van der Waals surface area contributed by atoms with E-state index in [-0.39, 0.29) is 11.3 Å². The van der Waals surface area contributed by atoms with Crippen LogP contribution in [0.25, 0.3) is 5.76 Å². The summed E-state index contributed by atoms with van der Waals surface area (Å²) in [5.74, 6) is -0.359. The maximum atomic E-state index is 13.5. The van der Waals surface area contributed by atoms with Gasteiger partial charge in [-0.2, -0.15) is 0 Å². The van der Waals surface area contributed by atoms with Crippen molar-refractivity contribution in [3.05, 3.63) is 58.2 Å². The molecule has 2 saturated heterocycles. The van der Waals surface area contributed by atoms with Crippen LogP contribution in [-0.4, -0.2) is 87.3 Å². The van der Waals surface area contributed by atoms with Crippen LogP contribution in [0.5, 0.6) is 17.2 Å². The van der Waals surface area contributed by atoms with Crippen molar-refractivity contribution < 1.29 is 33.6 Å². The second-order valence-electron chi connectivity index (χ2n) is 9.58. The van der Waals surface area contributed by atoms with Gasteiger partial charge >= 0.3 is 0 Å². The number of methoxy groups -OCH3 is 3. The first kappa shape index (κ1) is 27.5. The molecule has 1 N–H and O–H groups in total. The molecule has 1 amide bonds. The molecule has 0 radical (unpaired) electrons. The number of likely N-dealkylation sites (tertiary alicyclic amines) is 1. The molecule has 9 heteroatoms. The largest absolute Gasteiger partial charge is 0.507 e. The van der Waals surface area contributed by atoms with Gasteiger partial charge in [-0.25, -0.2) is 0 Å². The van der Waals surface area contributed by atoms with Crippen molar-refractivity contribution in [3.63, 3.8) is 0 Å². The highest BCUT2D eigenvalue weighted by molar-refractivity contribution is 6.46. The maximum Gasteiger partial charge on any atom is 0.295 e. The Morgan fingerprint density at radius 3 is 2.24 bits per heavy atom. The molecule has 2 aliphatic rings. The molecular formula is C29H36N2O7. The SMILES string of the molecule is COc1cc(C2/C(=C(\O)c3cc(C)ccc3C)C(=O)C(=O)N2CCCN2CCOCC2)cc(OC)c1OC. The third-order valence-electron chi connectivity index (χ3n) is 7.17. The van der Waals surface area contributed by atoms with Gasteiger partial charge in [-0.1, -0.05) is 17.7 Å². The normalized spacial score (nSPS) is 19.6. The summed E-state index contributed by atoms with van der Waals surface area (Å²) in [6.07, 6.45) is 0.664. The summed E-state index contributed by atoms with van der Waals surface area (Å²) in [5.41, 5.74) is 2.88. The van der Waals surface area contributed by atoms with E-state index < -0.39 is 17.7 Å². The number of Topliss-reactive ketones (excluding diaryl/α,β-unsaturated/α-hetero) is 1. The minimum Gasteiger partial charge on any atom is -0.507 e. The van der Waals surface area contributed by atoms with Crippen molar-refractivity contribution in [2.24, 2.45) is 0 Å². The molecule has 38 heavy (non-hydrogen) atoms. The number of hydrogen-bond donors (Lipinski definition) is 1. The van der Waals surface area contributed by atoms with E-state index in [0.29, 0.717) is 54.6 Å². The molecule has 2 aromatic rings. The van der Waals surface area contributed by atoms with Crippen molar-refractivity contribution in [3.8, 4) is 17.2 Å². The Labute approximate surface area is 223 Å². The molecule has 0 bridgehead atoms. The van der Waals surface area contributed by atoms with Gasteiger partial charge < -0.3 is 29.0 Å². The second kappa shape index (κ2) is 11.9. The summed E-state index contributed by atoms with van der Waals surface area (Å²) in [6.45, 7) is 7.93. The molecule has 2 heterocycles. The Balaban J connectivity index is 1.81. The Morgan fingerprint density at radius 1 is 0.974 bits per heavy atom. The lowest BCUT2D eigenvalue weighted by molar-refractivity contribution is -0.140. The van der Waals surface area contributed by atoms with Crippen LogP contribution in [0, 0.1) is 13.8 Å². The van der Waals surface area contributed by atoms with E-state index in [2.05, 4.69) is 4.90 Å². The third kappa shape index (κ3) is 5.35. The lowest BCUT2D eigenvalue weighted by atomic mass is 9.93. The summed E-state index contributed by atoms with van der Waals surface area (Å²) < 4.78 is 22.0. The van der Waals surface area contributed by atoms with E-state index in [4.69, 9.17) is 18.9 Å². The minimum atomic E-state index is -0.826. The number of aliphatic hydroxyl groups excluding tert-OH is 1. The van der Waals surface area contributed by atoms with E-state index >= 15 is 0 Å². The van der Waals surface area contributed by atoms with Gasteiger partial charge in [-0.3, -0.25) is 14.5 Å². The molecule has 204 valence electrons. The van der Waals surface area contributed by atoms with Crippen LogP contribution in [0.2, 0.25) is 0 Å². The van der Waals surface area contributed by atoms with Crippen LogP contribution in [0.15, 0.2) is 35.9 Å². The van der Waals surface area contributed by atoms with E-state index in [0.717, 1.165) is 30.8 Å². The van der Waals surface area contributed by atoms with Crippen LogP contribution in [-0.2, 0) is 14.3 Å². The number of hydrogen-bond acceptors (Lipinski definition) is 8. The lowest BCUT2D eigenvalue weighted by Gasteiger charge is -2.29. The zero-order chi connectivity index (χ0) is 27.4. The summed E-state index contributed by atoms with van der Waals surface area (Å²) in [7, 11) is 4.53. The van der Waals surface area contributed by atoms with Gasteiger partial charge in [0.05, 0.1) is 46.2 Å². The average Bonchev–Trinajstić information content (AvgIpc) is 3.18. The highest BCUT2D eigenvalue weighted by Gasteiger charge is 2.46. The summed E-state index contributed by atoms with van der Waals surface area (Å²) in [4.78, 5) is 30.7. The zero-order valence-corrected chi connectivity index (χ0v) is 22.7. The fraction of sp³-hybridized carbons (Fsp3) is 0.448. The Kier molecular flexibility index (Phi) is 8.58. The van der Waals surface area contributed by atoms with Gasteiger partial charge in [0, 0.05) is 31.7 Å². The first-order chi connectivity index (χ1) is 18.3. The molecule has 1 atom stereocenters. The average molecular weight is 525 g/mol. The first-order valence-corrected chi connectivity index (χ1v) is 12.8. The van der Waals surface area contributed by atoms with Gasteiger partial charge in [-0.15, -0.1) is 0 Å². The number of aliphatic hydroxyl groups is 1. The third-order valence-corrected chi connectivity index (χ3v) is 7.17. The number of carbonyl (C=O) groups is 2. The molecule has 0 aliphatic carbocycles. The van der Waals surface area contributed by atoms with Gasteiger partial charge in [0.2, 0.25) is 5.75 Å². The molecule has 0 aromatic heterocycles. The number of nitrogens with zero attached hydrogens (tertiary/aromatic N) is 2. The molecule has 2 aromatic carbocycles. The minimum absolute atomic E-state index is 0.0457. The monoisotopic (exact) mass is 524 g/mol. The molecule has 2 fully saturated rings. The number of benzene rings is 2. The van der Waals surface area contributed by atoms with Crippen molar-refractivity contribution in [2.45, 2.75) is 26.3 Å². The number of amides is 1. The van der Waals surface area contributed by atoms with E-state index in [1.54, 1.807) is 17.0 Å². The second-order valence-corrected chi connectivity index (χ2v) is 9.58. The predicted octanol–water partition coefficient (Wildman–Crippen LogP) is 3.47. The van der Waals surface area contributed by atoms with Crippen molar-refractivity contribution in [1.82, 2.24) is 9.80 Å². The number of ketones is 1. The summed E-state index contributed by atoms with van der Waals surface area (Å²) in [5, 5.41) is 11.5. The van der Waals surface area contributed by atoms with Gasteiger partial charge in [0.1, 0.15) is 5.76 Å². The molecule has 1 unspecified atom stereocenters. The van der Waals surface area contributed by atoms with Crippen LogP contribution in [0.3, 0.4) is 0 Å². The number of morpholine rings is 1. The molecule has 0 spiro atoms. The highest BCUT2D eigenvalue weighted by Crippen LogP contribution is 2.46. The molecule has 4 rings (SSSR count). The van der Waals surface area contributed by atoms with Crippen LogP contribution < -0.4 is 14.2 Å². The Bertz CT molecular complexity index is 1210. The fourth-order valence-corrected chi connectivity index (χ4v) is 5.14. The number of carbonyl (C=O) groups excluding carboxylic acids is 2. The maximum absolute atomic E-state index is 13.5. The molecule has 0 saturated carbocycles. The molecule has 2 aliphatic heterocycles. The quantitative estimate of drug-likeness (QED) is 0.303. The fourth-order valence-electron chi connectivity index (χ4n) is 5.14. The van der Waals surface area contributed by atoms with Crippen LogP contribution in [0.4, 0.5) is 0 Å². The van der Waals surface area contributed by atoms with Crippen molar-refractivity contribution in [1.29, 1.82) is 0 Å². The Hall–Kier alpha value is -3.56. The molecule has 9 nitrogen and oxygen atoms in total. The zero-order valence-electron chi connectivity index (χ0n) is 22.7. The number of rotatable bonds is 9. The smallest absolute Gasteiger partial charge is 0.295 e. The lowest BCUT2D eigenvalue weighted by Crippen LogP contribution is -2.39. The van der Waals surface area contributed by atoms with Crippen LogP contribution >= 0.6 is 0 Å².